The summed E-state index contributed by atoms with van der Waals surface area (Å²) in [5.74, 6) is -1.24. The van der Waals surface area contributed by atoms with Crippen LogP contribution in [0.2, 0.25) is 5.02 Å². The minimum Gasteiger partial charge on any atom is -0.347 e. The number of carbonyl (C=O) groups is 1. The van der Waals surface area contributed by atoms with E-state index < -0.39 is 34.3 Å². The first-order valence-corrected chi connectivity index (χ1v) is 6.40. The summed E-state index contributed by atoms with van der Waals surface area (Å²) in [7, 11) is 1.19. The van der Waals surface area contributed by atoms with Gasteiger partial charge in [0.15, 0.2) is 5.69 Å². The molecule has 2 aromatic rings. The van der Waals surface area contributed by atoms with Gasteiger partial charge in [-0.3, -0.25) is 9.48 Å². The zero-order chi connectivity index (χ0) is 16.5. The second-order valence-corrected chi connectivity index (χ2v) is 4.82. The normalized spacial score (nSPS) is 11.5. The van der Waals surface area contributed by atoms with Crippen LogP contribution in [0.1, 0.15) is 21.7 Å². The van der Waals surface area contributed by atoms with Gasteiger partial charge in [-0.2, -0.15) is 18.3 Å². The van der Waals surface area contributed by atoms with Crippen molar-refractivity contribution in [3.63, 3.8) is 0 Å². The van der Waals surface area contributed by atoms with Crippen LogP contribution in [-0.2, 0) is 19.8 Å². The summed E-state index contributed by atoms with van der Waals surface area (Å²) >= 11 is 5.60. The molecule has 2 rings (SSSR count). The van der Waals surface area contributed by atoms with Crippen LogP contribution in [0, 0.1) is 5.82 Å². The number of alkyl halides is 3. The number of carbonyl (C=O) groups excluding carboxylic acids is 1. The van der Waals surface area contributed by atoms with E-state index in [2.05, 4.69) is 10.4 Å². The Kier molecular flexibility index (Phi) is 4.41. The number of nitrogens with zero attached hydrogens (tertiary/aromatic N) is 2. The third-order valence-corrected chi connectivity index (χ3v) is 3.20. The predicted octanol–water partition coefficient (Wildman–Crippen LogP) is 3.16. The fourth-order valence-corrected chi connectivity index (χ4v) is 2.15. The van der Waals surface area contributed by atoms with Crippen molar-refractivity contribution < 1.29 is 22.4 Å². The van der Waals surface area contributed by atoms with Crippen molar-refractivity contribution in [3.8, 4) is 0 Å². The van der Waals surface area contributed by atoms with E-state index >= 15 is 0 Å². The summed E-state index contributed by atoms with van der Waals surface area (Å²) in [5, 5.41) is 4.87. The predicted molar refractivity (Wildman–Crippen MR) is 70.8 cm³/mol. The molecule has 9 heteroatoms. The molecule has 1 aromatic carbocycles. The first-order valence-electron chi connectivity index (χ1n) is 6.02. The lowest BCUT2D eigenvalue weighted by atomic mass is 10.2. The molecule has 0 aliphatic carbocycles. The summed E-state index contributed by atoms with van der Waals surface area (Å²) in [4.78, 5) is 12.0. The Morgan fingerprint density at radius 2 is 1.91 bits per heavy atom. The van der Waals surface area contributed by atoms with Crippen molar-refractivity contribution >= 4 is 17.5 Å². The summed E-state index contributed by atoms with van der Waals surface area (Å²) < 4.78 is 51.5. The molecule has 118 valence electrons. The second-order valence-electron chi connectivity index (χ2n) is 4.44. The van der Waals surface area contributed by atoms with E-state index in [1.54, 1.807) is 0 Å². The average Bonchev–Trinajstić information content (AvgIpc) is 2.73. The molecule has 0 unspecified atom stereocenters. The second kappa shape index (κ2) is 5.96. The number of halogens is 5. The Labute approximate surface area is 127 Å². The van der Waals surface area contributed by atoms with Crippen LogP contribution in [-0.4, -0.2) is 15.7 Å². The fraction of sp³-hybridized carbons (Fsp3) is 0.231. The molecule has 0 atom stereocenters. The van der Waals surface area contributed by atoms with Crippen LogP contribution >= 0.6 is 11.6 Å². The van der Waals surface area contributed by atoms with E-state index in [-0.39, 0.29) is 6.54 Å². The lowest BCUT2D eigenvalue weighted by Gasteiger charge is -2.06. The number of rotatable bonds is 3. The molecule has 0 fully saturated rings. The van der Waals surface area contributed by atoms with Crippen LogP contribution in [0.15, 0.2) is 24.3 Å². The van der Waals surface area contributed by atoms with Gasteiger partial charge >= 0.3 is 6.18 Å². The standard InChI is InChI=1S/C13H10ClF4N3O/c1-21-10(9(14)11(20-21)13(16,17)18)12(22)19-6-7-2-4-8(15)5-3-7/h2-5H,6H2,1H3,(H,19,22). The van der Waals surface area contributed by atoms with Gasteiger partial charge in [-0.05, 0) is 17.7 Å². The maximum absolute atomic E-state index is 12.7. The molecule has 0 bridgehead atoms. The number of hydrogen-bond acceptors (Lipinski definition) is 2. The molecule has 0 saturated carbocycles. The summed E-state index contributed by atoms with van der Waals surface area (Å²) in [6.45, 7) is 0.0158. The van der Waals surface area contributed by atoms with Crippen molar-refractivity contribution in [2.24, 2.45) is 7.05 Å². The first-order chi connectivity index (χ1) is 10.2. The van der Waals surface area contributed by atoms with Crippen molar-refractivity contribution in [2.75, 3.05) is 0 Å². The third kappa shape index (κ3) is 3.38. The average molecular weight is 336 g/mol. The molecule has 1 N–H and O–H groups in total. The van der Waals surface area contributed by atoms with Crippen LogP contribution in [0.4, 0.5) is 17.6 Å². The van der Waals surface area contributed by atoms with Gasteiger partial charge in [0.05, 0.1) is 0 Å². The van der Waals surface area contributed by atoms with Gasteiger partial charge in [-0.15, -0.1) is 0 Å². The number of aromatic nitrogens is 2. The van der Waals surface area contributed by atoms with E-state index in [1.807, 2.05) is 0 Å². The van der Waals surface area contributed by atoms with Crippen LogP contribution in [0.25, 0.3) is 0 Å². The van der Waals surface area contributed by atoms with Gasteiger partial charge < -0.3 is 5.32 Å². The van der Waals surface area contributed by atoms with Crippen LogP contribution in [0.5, 0.6) is 0 Å². The SMILES string of the molecule is Cn1nc(C(F)(F)F)c(Cl)c1C(=O)NCc1ccc(F)cc1. The van der Waals surface area contributed by atoms with Gasteiger partial charge in [0.2, 0.25) is 0 Å². The van der Waals surface area contributed by atoms with Crippen LogP contribution in [0.3, 0.4) is 0 Å². The Balaban J connectivity index is 2.16. The molecule has 1 amide bonds. The summed E-state index contributed by atoms with van der Waals surface area (Å²) in [6, 6.07) is 5.31. The highest BCUT2D eigenvalue weighted by molar-refractivity contribution is 6.34. The molecule has 0 radical (unpaired) electrons. The molecular weight excluding hydrogens is 326 g/mol. The zero-order valence-corrected chi connectivity index (χ0v) is 12.0. The van der Waals surface area contributed by atoms with Crippen LogP contribution < -0.4 is 5.32 Å². The van der Waals surface area contributed by atoms with E-state index in [9.17, 15) is 22.4 Å². The van der Waals surface area contributed by atoms with Gasteiger partial charge in [0.1, 0.15) is 16.5 Å². The maximum Gasteiger partial charge on any atom is 0.436 e. The molecular formula is C13H10ClF4N3O. The number of aryl methyl sites for hydroxylation is 1. The first kappa shape index (κ1) is 16.3. The van der Waals surface area contributed by atoms with Gasteiger partial charge in [0.25, 0.3) is 5.91 Å². The lowest BCUT2D eigenvalue weighted by Crippen LogP contribution is -2.25. The molecule has 0 saturated heterocycles. The topological polar surface area (TPSA) is 46.9 Å². The van der Waals surface area contributed by atoms with E-state index in [4.69, 9.17) is 11.6 Å². The monoisotopic (exact) mass is 335 g/mol. The highest BCUT2D eigenvalue weighted by Gasteiger charge is 2.39. The largest absolute Gasteiger partial charge is 0.436 e. The molecule has 1 heterocycles. The Morgan fingerprint density at radius 3 is 2.41 bits per heavy atom. The Hall–Kier alpha value is -2.09. The van der Waals surface area contributed by atoms with E-state index in [1.165, 1.54) is 31.3 Å². The molecule has 0 aliphatic rings. The minimum atomic E-state index is -4.75. The van der Waals surface area contributed by atoms with Crippen molar-refractivity contribution in [2.45, 2.75) is 12.7 Å². The highest BCUT2D eigenvalue weighted by Crippen LogP contribution is 2.35. The number of nitrogens with one attached hydrogen (secondary N) is 1. The van der Waals surface area contributed by atoms with E-state index in [0.29, 0.717) is 5.56 Å². The maximum atomic E-state index is 12.7. The van der Waals surface area contributed by atoms with Gasteiger partial charge in [-0.25, -0.2) is 4.39 Å². The number of benzene rings is 1. The summed E-state index contributed by atoms with van der Waals surface area (Å²) in [5.41, 5.74) is -1.12. The molecule has 1 aromatic heterocycles. The van der Waals surface area contributed by atoms with Gasteiger partial charge in [0, 0.05) is 13.6 Å². The Bertz CT molecular complexity index is 695. The third-order valence-electron chi connectivity index (χ3n) is 2.84. The highest BCUT2D eigenvalue weighted by atomic mass is 35.5. The van der Waals surface area contributed by atoms with Crippen molar-refractivity contribution in [3.05, 3.63) is 52.1 Å². The Morgan fingerprint density at radius 1 is 1.32 bits per heavy atom. The smallest absolute Gasteiger partial charge is 0.347 e. The molecule has 4 nitrogen and oxygen atoms in total. The summed E-state index contributed by atoms with van der Waals surface area (Å²) in [6.07, 6.45) is -4.75. The van der Waals surface area contributed by atoms with E-state index in [0.717, 1.165) is 4.68 Å². The lowest BCUT2D eigenvalue weighted by molar-refractivity contribution is -0.141. The molecule has 0 spiro atoms. The fourth-order valence-electron chi connectivity index (χ4n) is 1.79. The molecule has 22 heavy (non-hydrogen) atoms. The quantitative estimate of drug-likeness (QED) is 0.876. The van der Waals surface area contributed by atoms with Gasteiger partial charge in [-0.1, -0.05) is 23.7 Å². The zero-order valence-electron chi connectivity index (χ0n) is 11.2. The number of hydrogen-bond donors (Lipinski definition) is 1. The minimum absolute atomic E-state index is 0.0158. The van der Waals surface area contributed by atoms with Crippen molar-refractivity contribution in [1.82, 2.24) is 15.1 Å². The number of amides is 1. The van der Waals surface area contributed by atoms with Crippen molar-refractivity contribution in [1.29, 1.82) is 0 Å². The molecule has 0 aliphatic heterocycles.